The Kier molecular flexibility index (Phi) is 7.65. The number of fused-ring (bicyclic) bond motifs is 1. The van der Waals surface area contributed by atoms with Crippen LogP contribution < -0.4 is 0 Å². The lowest BCUT2D eigenvalue weighted by atomic mass is 9.65. The highest BCUT2D eigenvalue weighted by molar-refractivity contribution is 5.98. The fourth-order valence-electron chi connectivity index (χ4n) is 6.11. The molecule has 3 saturated heterocycles. The lowest BCUT2D eigenvalue weighted by Gasteiger charge is -2.36. The fraction of sp³-hybridized carbons (Fsp3) is 0.792. The number of aliphatic hydroxyl groups is 1. The number of hydrogen-bond donors (Lipinski definition) is 1. The molecule has 3 aliphatic rings. The van der Waals surface area contributed by atoms with Crippen LogP contribution in [0.4, 0.5) is 0 Å². The van der Waals surface area contributed by atoms with Crippen LogP contribution in [0.1, 0.15) is 59.3 Å². The lowest BCUT2D eigenvalue weighted by Crippen LogP contribution is -2.56. The van der Waals surface area contributed by atoms with Crippen LogP contribution in [0.15, 0.2) is 12.7 Å². The first-order valence-electron chi connectivity index (χ1n) is 12.0. The Morgan fingerprint density at radius 3 is 2.66 bits per heavy atom. The molecule has 0 aliphatic carbocycles. The normalized spacial score (nSPS) is 32.8. The van der Waals surface area contributed by atoms with Crippen LogP contribution in [-0.4, -0.2) is 82.8 Å². The van der Waals surface area contributed by atoms with Gasteiger partial charge in [-0.05, 0) is 32.6 Å². The summed E-state index contributed by atoms with van der Waals surface area (Å²) in [5.74, 6) is -2.42. The van der Waals surface area contributed by atoms with Crippen LogP contribution in [-0.2, 0) is 23.9 Å². The molecule has 2 unspecified atom stereocenters. The Balaban J connectivity index is 2.02. The van der Waals surface area contributed by atoms with E-state index in [1.165, 1.54) is 4.90 Å². The summed E-state index contributed by atoms with van der Waals surface area (Å²) in [5.41, 5.74) is -1.86. The maximum absolute atomic E-state index is 13.9. The second-order valence-electron chi connectivity index (χ2n) is 9.12. The molecule has 1 N–H and O–H groups in total. The Labute approximate surface area is 190 Å². The number of hydrogen-bond acceptors (Lipinski definition) is 6. The third kappa shape index (κ3) is 3.75. The predicted molar refractivity (Wildman–Crippen MR) is 119 cm³/mol. The van der Waals surface area contributed by atoms with Crippen LogP contribution in [0, 0.1) is 11.8 Å². The zero-order valence-corrected chi connectivity index (χ0v) is 19.7. The second kappa shape index (κ2) is 9.91. The van der Waals surface area contributed by atoms with E-state index >= 15 is 0 Å². The molecule has 2 bridgehead atoms. The van der Waals surface area contributed by atoms with Crippen LogP contribution in [0.3, 0.4) is 0 Å². The van der Waals surface area contributed by atoms with Gasteiger partial charge in [0.25, 0.3) is 0 Å². The summed E-state index contributed by atoms with van der Waals surface area (Å²) in [6, 6.07) is -0.860. The van der Waals surface area contributed by atoms with Gasteiger partial charge in [-0.25, -0.2) is 0 Å². The largest absolute Gasteiger partial charge is 0.466 e. The number of β-amino-alcohol motifs (C(OH)–C–C–N with tert-alkyl or cyclic N) is 1. The summed E-state index contributed by atoms with van der Waals surface area (Å²) >= 11 is 0. The average Bonchev–Trinajstić information content (AvgIpc) is 3.37. The topological polar surface area (TPSA) is 96.4 Å². The number of unbranched alkanes of at least 4 members (excludes halogenated alkanes) is 2. The van der Waals surface area contributed by atoms with Crippen LogP contribution >= 0.6 is 0 Å². The van der Waals surface area contributed by atoms with E-state index in [9.17, 15) is 19.5 Å². The number of likely N-dealkylation sites (tertiary alicyclic amines) is 1. The van der Waals surface area contributed by atoms with Crippen molar-refractivity contribution in [3.05, 3.63) is 12.7 Å². The summed E-state index contributed by atoms with van der Waals surface area (Å²) in [5, 5.41) is 9.68. The van der Waals surface area contributed by atoms with Crippen LogP contribution in [0.5, 0.6) is 0 Å². The first kappa shape index (κ1) is 24.7. The predicted octanol–water partition coefficient (Wildman–Crippen LogP) is 1.90. The van der Waals surface area contributed by atoms with Gasteiger partial charge in [0.2, 0.25) is 11.8 Å². The van der Waals surface area contributed by atoms with Crippen LogP contribution in [0.2, 0.25) is 0 Å². The number of nitrogens with zero attached hydrogens (tertiary/aromatic N) is 2. The first-order valence-corrected chi connectivity index (χ1v) is 12.0. The Morgan fingerprint density at radius 1 is 1.31 bits per heavy atom. The van der Waals surface area contributed by atoms with Crippen molar-refractivity contribution in [3.8, 4) is 0 Å². The van der Waals surface area contributed by atoms with Crippen molar-refractivity contribution < 1.29 is 29.0 Å². The molecular formula is C24H38N2O6. The highest BCUT2D eigenvalue weighted by Crippen LogP contribution is 2.64. The van der Waals surface area contributed by atoms with E-state index in [4.69, 9.17) is 9.47 Å². The summed E-state index contributed by atoms with van der Waals surface area (Å²) in [4.78, 5) is 43.7. The number of rotatable bonds is 12. The van der Waals surface area contributed by atoms with Gasteiger partial charge < -0.3 is 24.4 Å². The average molecular weight is 451 g/mol. The molecule has 0 aromatic carbocycles. The van der Waals surface area contributed by atoms with Gasteiger partial charge in [0.15, 0.2) is 0 Å². The minimum absolute atomic E-state index is 0.0302. The number of aliphatic hydroxyl groups excluding tert-OH is 1. The van der Waals surface area contributed by atoms with Crippen molar-refractivity contribution in [3.63, 3.8) is 0 Å². The Hall–Kier alpha value is -1.93. The van der Waals surface area contributed by atoms with Gasteiger partial charge in [0.1, 0.15) is 17.6 Å². The molecule has 2 amide bonds. The summed E-state index contributed by atoms with van der Waals surface area (Å²) in [6.45, 7) is 10.5. The van der Waals surface area contributed by atoms with Crippen molar-refractivity contribution in [1.82, 2.24) is 9.80 Å². The van der Waals surface area contributed by atoms with Crippen molar-refractivity contribution in [2.45, 2.75) is 76.5 Å². The van der Waals surface area contributed by atoms with Gasteiger partial charge in [0.05, 0.1) is 24.7 Å². The van der Waals surface area contributed by atoms with Gasteiger partial charge in [-0.15, -0.1) is 6.58 Å². The van der Waals surface area contributed by atoms with E-state index in [-0.39, 0.29) is 31.6 Å². The van der Waals surface area contributed by atoms with E-state index in [1.807, 2.05) is 6.92 Å². The molecule has 8 heteroatoms. The second-order valence-corrected chi connectivity index (χ2v) is 9.12. The maximum Gasteiger partial charge on any atom is 0.312 e. The van der Waals surface area contributed by atoms with Crippen molar-refractivity contribution in [2.75, 3.05) is 32.8 Å². The zero-order valence-electron chi connectivity index (χ0n) is 19.7. The molecule has 3 heterocycles. The molecular weight excluding hydrogens is 412 g/mol. The molecule has 0 aromatic rings. The number of ether oxygens (including phenoxy) is 2. The van der Waals surface area contributed by atoms with Crippen molar-refractivity contribution in [1.29, 1.82) is 0 Å². The van der Waals surface area contributed by atoms with Gasteiger partial charge >= 0.3 is 5.97 Å². The molecule has 3 fully saturated rings. The lowest BCUT2D eigenvalue weighted by molar-refractivity contribution is -0.161. The summed E-state index contributed by atoms with van der Waals surface area (Å²) in [6.07, 6.45) is 6.28. The van der Waals surface area contributed by atoms with E-state index in [1.54, 1.807) is 17.9 Å². The van der Waals surface area contributed by atoms with Gasteiger partial charge in [-0.1, -0.05) is 32.8 Å². The fourth-order valence-corrected chi connectivity index (χ4v) is 6.11. The molecule has 3 aliphatic heterocycles. The molecule has 3 rings (SSSR count). The molecule has 1 spiro atoms. The maximum atomic E-state index is 13.9. The minimum Gasteiger partial charge on any atom is -0.466 e. The van der Waals surface area contributed by atoms with Gasteiger partial charge in [-0.2, -0.15) is 0 Å². The van der Waals surface area contributed by atoms with Crippen molar-refractivity contribution >= 4 is 17.8 Å². The summed E-state index contributed by atoms with van der Waals surface area (Å²) < 4.78 is 12.0. The third-order valence-electron chi connectivity index (χ3n) is 7.49. The Bertz CT molecular complexity index is 742. The first-order chi connectivity index (χ1) is 15.4. The van der Waals surface area contributed by atoms with E-state index in [0.717, 1.165) is 19.3 Å². The number of carbonyl (C=O) groups excluding carboxylic acids is 3. The quantitative estimate of drug-likeness (QED) is 0.277. The molecule has 8 nitrogen and oxygen atoms in total. The molecule has 32 heavy (non-hydrogen) atoms. The number of carbonyl (C=O) groups is 3. The van der Waals surface area contributed by atoms with Gasteiger partial charge in [0, 0.05) is 19.6 Å². The van der Waals surface area contributed by atoms with Crippen molar-refractivity contribution in [2.24, 2.45) is 11.8 Å². The van der Waals surface area contributed by atoms with E-state index in [0.29, 0.717) is 32.4 Å². The van der Waals surface area contributed by atoms with E-state index in [2.05, 4.69) is 13.5 Å². The minimum atomic E-state index is -1.07. The van der Waals surface area contributed by atoms with Gasteiger partial charge in [-0.3, -0.25) is 14.4 Å². The van der Waals surface area contributed by atoms with E-state index < -0.39 is 35.0 Å². The molecule has 180 valence electrons. The van der Waals surface area contributed by atoms with Crippen LogP contribution in [0.25, 0.3) is 0 Å². The highest BCUT2D eigenvalue weighted by atomic mass is 16.6. The SMILES string of the molecule is C=CCN(CCCCC)C(=O)C1N(CCO)C(=O)[C@@H]2[C@@H](C(=O)OCC)[C@@]3(CC)CCC12O3. The third-order valence-corrected chi connectivity index (χ3v) is 7.49. The standard InChI is InChI=1S/C24H38N2O6/c1-5-9-10-14-25(13-6-2)21(29)19-24-12-11-23(7-3,32-24)18(22(30)31-8-4)17(24)20(28)26(19)15-16-27/h6,17-19,27H,2,5,7-16H2,1,3-4H3/t17-,18-,19?,23+,24?/m0/s1. The molecule has 0 aromatic heterocycles. The Morgan fingerprint density at radius 2 is 2.06 bits per heavy atom. The molecule has 5 atom stereocenters. The summed E-state index contributed by atoms with van der Waals surface area (Å²) in [7, 11) is 0. The number of amides is 2. The highest BCUT2D eigenvalue weighted by Gasteiger charge is 2.79. The smallest absolute Gasteiger partial charge is 0.312 e. The zero-order chi connectivity index (χ0) is 23.5. The molecule has 0 saturated carbocycles. The molecule has 0 radical (unpaired) electrons. The monoisotopic (exact) mass is 450 g/mol. The number of esters is 1.